The molecule has 22 heavy (non-hydrogen) atoms. The number of fused-ring (bicyclic) bond motifs is 4. The normalized spacial score (nSPS) is 41.8. The average Bonchev–Trinajstić information content (AvgIpc) is 3.30. The van der Waals surface area contributed by atoms with Crippen LogP contribution in [0.2, 0.25) is 0 Å². The molecule has 0 heterocycles. The van der Waals surface area contributed by atoms with Crippen molar-refractivity contribution >= 4 is 35.7 Å². The molecule has 0 aromatic rings. The highest BCUT2D eigenvalue weighted by Gasteiger charge is 2.41. The van der Waals surface area contributed by atoms with Crippen LogP contribution in [0.25, 0.3) is 0 Å². The largest absolute Gasteiger partial charge is 0.320 e. The van der Waals surface area contributed by atoms with Crippen molar-refractivity contribution in [2.75, 3.05) is 0 Å². The highest BCUT2D eigenvalue weighted by molar-refractivity contribution is 7.99. The Morgan fingerprint density at radius 3 is 1.45 bits per heavy atom. The van der Waals surface area contributed by atoms with E-state index in [1.807, 2.05) is 0 Å². The minimum absolute atomic E-state index is 0.483. The number of carbonyl (C=O) groups is 2. The van der Waals surface area contributed by atoms with E-state index in [0.717, 1.165) is 23.7 Å². The monoisotopic (exact) mass is 340 g/mol. The number of amides is 2. The molecule has 4 nitrogen and oxygen atoms in total. The number of rotatable bonds is 4. The van der Waals surface area contributed by atoms with Gasteiger partial charge < -0.3 is 0 Å². The molecule has 0 aliphatic heterocycles. The van der Waals surface area contributed by atoms with E-state index in [1.54, 1.807) is 0 Å². The molecular formula is C16H24N2O2S2. The van der Waals surface area contributed by atoms with Gasteiger partial charge in [0.1, 0.15) is 0 Å². The minimum atomic E-state index is -0.483. The quantitative estimate of drug-likeness (QED) is 0.610. The smallest absolute Gasteiger partial charge is 0.291 e. The summed E-state index contributed by atoms with van der Waals surface area (Å²) in [6, 6.07) is 0. The number of hydrogen-bond acceptors (Lipinski definition) is 4. The van der Waals surface area contributed by atoms with Crippen molar-refractivity contribution in [2.45, 2.75) is 61.9 Å². The third-order valence-corrected chi connectivity index (χ3v) is 8.53. The van der Waals surface area contributed by atoms with Gasteiger partial charge in [0, 0.05) is 10.5 Å². The summed E-state index contributed by atoms with van der Waals surface area (Å²) >= 11 is 2.97. The van der Waals surface area contributed by atoms with Crippen LogP contribution in [-0.4, -0.2) is 22.3 Å². The van der Waals surface area contributed by atoms with E-state index in [2.05, 4.69) is 9.44 Å². The molecule has 4 aliphatic rings. The first kappa shape index (κ1) is 15.2. The van der Waals surface area contributed by atoms with E-state index in [1.165, 1.54) is 75.3 Å². The molecule has 6 atom stereocenters. The van der Waals surface area contributed by atoms with Crippen LogP contribution in [0.4, 0.5) is 0 Å². The van der Waals surface area contributed by atoms with E-state index in [-0.39, 0.29) is 0 Å². The van der Waals surface area contributed by atoms with Crippen molar-refractivity contribution < 1.29 is 9.59 Å². The third kappa shape index (κ3) is 3.01. The maximum atomic E-state index is 11.9. The topological polar surface area (TPSA) is 58.2 Å². The Labute approximate surface area is 140 Å². The predicted octanol–water partition coefficient (Wildman–Crippen LogP) is 2.89. The Hall–Kier alpha value is -0.360. The predicted molar refractivity (Wildman–Crippen MR) is 89.9 cm³/mol. The van der Waals surface area contributed by atoms with Crippen molar-refractivity contribution in [2.24, 2.45) is 23.7 Å². The van der Waals surface area contributed by atoms with Gasteiger partial charge in [-0.05, 0) is 86.1 Å². The lowest BCUT2D eigenvalue weighted by molar-refractivity contribution is -0.136. The first-order valence-corrected chi connectivity index (χ1v) is 10.4. The first-order valence-electron chi connectivity index (χ1n) is 8.60. The van der Waals surface area contributed by atoms with Gasteiger partial charge in [0.05, 0.1) is 0 Å². The number of carbonyl (C=O) groups excluding carboxylic acids is 2. The summed E-state index contributed by atoms with van der Waals surface area (Å²) in [6.07, 6.45) is 10.4. The Morgan fingerprint density at radius 1 is 0.682 bits per heavy atom. The van der Waals surface area contributed by atoms with Crippen molar-refractivity contribution in [1.29, 1.82) is 0 Å². The molecule has 4 bridgehead atoms. The molecule has 0 spiro atoms. The highest BCUT2D eigenvalue weighted by Crippen LogP contribution is 2.49. The molecule has 122 valence electrons. The second-order valence-corrected chi connectivity index (χ2v) is 9.62. The van der Waals surface area contributed by atoms with Crippen molar-refractivity contribution in [3.8, 4) is 0 Å². The second-order valence-electron chi connectivity index (χ2n) is 7.52. The van der Waals surface area contributed by atoms with E-state index in [0.29, 0.717) is 10.5 Å². The standard InChI is InChI=1S/C16H24N2O2S2/c19-15(17-21-13-7-9-1-3-11(13)5-9)16(20)18-22-14-8-10-2-4-12(14)6-10/h9-14H,1-8H2,(H,17,19)(H,18,20). The van der Waals surface area contributed by atoms with Gasteiger partial charge in [-0.3, -0.25) is 19.0 Å². The third-order valence-electron chi connectivity index (χ3n) is 6.16. The van der Waals surface area contributed by atoms with Crippen LogP contribution in [0.1, 0.15) is 51.4 Å². The molecule has 6 unspecified atom stereocenters. The zero-order valence-electron chi connectivity index (χ0n) is 12.8. The Morgan fingerprint density at radius 2 is 1.14 bits per heavy atom. The minimum Gasteiger partial charge on any atom is -0.291 e. The van der Waals surface area contributed by atoms with E-state index < -0.39 is 11.8 Å². The van der Waals surface area contributed by atoms with Gasteiger partial charge in [-0.25, -0.2) is 0 Å². The van der Waals surface area contributed by atoms with Crippen LogP contribution in [-0.2, 0) is 9.59 Å². The molecule has 0 radical (unpaired) electrons. The Balaban J connectivity index is 1.17. The van der Waals surface area contributed by atoms with Crippen molar-refractivity contribution in [3.63, 3.8) is 0 Å². The molecule has 4 saturated carbocycles. The fourth-order valence-corrected chi connectivity index (χ4v) is 7.33. The van der Waals surface area contributed by atoms with E-state index >= 15 is 0 Å². The lowest BCUT2D eigenvalue weighted by atomic mass is 10.0. The van der Waals surface area contributed by atoms with Crippen LogP contribution in [0.15, 0.2) is 0 Å². The van der Waals surface area contributed by atoms with E-state index in [9.17, 15) is 9.59 Å². The molecule has 4 rings (SSSR count). The van der Waals surface area contributed by atoms with Crippen LogP contribution in [0.5, 0.6) is 0 Å². The van der Waals surface area contributed by atoms with Crippen LogP contribution < -0.4 is 9.44 Å². The summed E-state index contributed by atoms with van der Waals surface area (Å²) in [6.45, 7) is 0. The molecule has 2 N–H and O–H groups in total. The van der Waals surface area contributed by atoms with E-state index in [4.69, 9.17) is 0 Å². The fraction of sp³-hybridized carbons (Fsp3) is 0.875. The summed E-state index contributed by atoms with van der Waals surface area (Å²) in [7, 11) is 0. The van der Waals surface area contributed by atoms with Gasteiger partial charge in [-0.2, -0.15) is 0 Å². The molecular weight excluding hydrogens is 316 g/mol. The maximum Gasteiger partial charge on any atom is 0.320 e. The maximum absolute atomic E-state index is 11.9. The zero-order chi connectivity index (χ0) is 15.1. The summed E-state index contributed by atoms with van der Waals surface area (Å²) < 4.78 is 5.54. The number of hydrogen-bond donors (Lipinski definition) is 2. The van der Waals surface area contributed by atoms with Crippen LogP contribution in [0, 0.1) is 23.7 Å². The highest BCUT2D eigenvalue weighted by atomic mass is 32.2. The molecule has 4 fully saturated rings. The number of nitrogens with one attached hydrogen (secondary N) is 2. The Bertz CT molecular complexity index is 431. The van der Waals surface area contributed by atoms with Crippen LogP contribution >= 0.6 is 23.9 Å². The zero-order valence-corrected chi connectivity index (χ0v) is 14.4. The summed E-state index contributed by atoms with van der Waals surface area (Å²) in [5, 5.41) is 1.04. The molecule has 0 aromatic heterocycles. The Kier molecular flexibility index (Phi) is 4.33. The molecule has 2 amide bonds. The van der Waals surface area contributed by atoms with Crippen molar-refractivity contribution in [1.82, 2.24) is 9.44 Å². The van der Waals surface area contributed by atoms with Gasteiger partial charge in [-0.15, -0.1) is 0 Å². The lowest BCUT2D eigenvalue weighted by Crippen LogP contribution is -2.36. The first-order chi connectivity index (χ1) is 10.7. The SMILES string of the molecule is O=C(NSC1CC2CCC1C2)C(=O)NSC1CC2CCC1C2. The van der Waals surface area contributed by atoms with Crippen LogP contribution in [0.3, 0.4) is 0 Å². The lowest BCUT2D eigenvalue weighted by Gasteiger charge is -2.21. The summed E-state index contributed by atoms with van der Waals surface area (Å²) in [5.41, 5.74) is 0. The van der Waals surface area contributed by atoms with Gasteiger partial charge in [-0.1, -0.05) is 12.8 Å². The molecule has 0 aromatic carbocycles. The fourth-order valence-electron chi connectivity index (χ4n) is 5.01. The molecule has 0 saturated heterocycles. The van der Waals surface area contributed by atoms with Gasteiger partial charge in [0.25, 0.3) is 0 Å². The molecule has 6 heteroatoms. The second kappa shape index (κ2) is 6.27. The summed E-state index contributed by atoms with van der Waals surface area (Å²) in [4.78, 5) is 23.8. The van der Waals surface area contributed by atoms with Gasteiger partial charge >= 0.3 is 11.8 Å². The van der Waals surface area contributed by atoms with Crippen molar-refractivity contribution in [3.05, 3.63) is 0 Å². The van der Waals surface area contributed by atoms with Gasteiger partial charge in [0.15, 0.2) is 0 Å². The molecule has 4 aliphatic carbocycles. The summed E-state index contributed by atoms with van der Waals surface area (Å²) in [5.74, 6) is 2.26. The average molecular weight is 341 g/mol. The van der Waals surface area contributed by atoms with Gasteiger partial charge in [0.2, 0.25) is 0 Å².